The molecule has 23 heavy (non-hydrogen) atoms. The molecule has 0 spiro atoms. The molecule has 2 aliphatic rings. The maximum absolute atomic E-state index is 13.3. The van der Waals surface area contributed by atoms with Gasteiger partial charge in [-0.15, -0.1) is 0 Å². The van der Waals surface area contributed by atoms with Crippen molar-refractivity contribution in [1.29, 1.82) is 0 Å². The highest BCUT2D eigenvalue weighted by Crippen LogP contribution is 2.36. The van der Waals surface area contributed by atoms with Crippen LogP contribution in [0.15, 0.2) is 30.3 Å². The molecule has 2 atom stereocenters. The summed E-state index contributed by atoms with van der Waals surface area (Å²) in [6.45, 7) is 3.15. The fraction of sp³-hybridized carbons (Fsp3) is 0.611. The molecule has 0 radical (unpaired) electrons. The van der Waals surface area contributed by atoms with E-state index in [-0.39, 0.29) is 24.3 Å². The van der Waals surface area contributed by atoms with E-state index < -0.39 is 12.0 Å². The number of hydrogen-bond acceptors (Lipinski definition) is 2. The third-order valence-electron chi connectivity index (χ3n) is 5.14. The van der Waals surface area contributed by atoms with Crippen molar-refractivity contribution in [3.8, 4) is 0 Å². The molecule has 1 aromatic carbocycles. The van der Waals surface area contributed by atoms with Crippen molar-refractivity contribution in [2.45, 2.75) is 44.6 Å². The number of nitrogens with one attached hydrogen (secondary N) is 1. The number of halogens is 2. The van der Waals surface area contributed by atoms with E-state index in [9.17, 15) is 13.6 Å². The number of rotatable bonds is 4. The van der Waals surface area contributed by atoms with E-state index in [0.29, 0.717) is 13.1 Å². The van der Waals surface area contributed by atoms with Crippen molar-refractivity contribution < 1.29 is 13.6 Å². The van der Waals surface area contributed by atoms with Gasteiger partial charge < -0.3 is 4.90 Å². The number of carbonyl (C=O) groups is 1. The van der Waals surface area contributed by atoms with Crippen LogP contribution in [-0.2, 0) is 11.2 Å². The van der Waals surface area contributed by atoms with Gasteiger partial charge in [0.2, 0.25) is 5.91 Å². The average molecular weight is 322 g/mol. The van der Waals surface area contributed by atoms with E-state index in [4.69, 9.17) is 0 Å². The molecule has 5 heteroatoms. The van der Waals surface area contributed by atoms with Gasteiger partial charge in [-0.05, 0) is 30.2 Å². The Kier molecular flexibility index (Phi) is 4.41. The van der Waals surface area contributed by atoms with Gasteiger partial charge in [-0.1, -0.05) is 37.3 Å². The fourth-order valence-electron chi connectivity index (χ4n) is 3.62. The summed E-state index contributed by atoms with van der Waals surface area (Å²) >= 11 is 0. The topological polar surface area (TPSA) is 32.3 Å². The van der Waals surface area contributed by atoms with Crippen LogP contribution in [0.5, 0.6) is 0 Å². The van der Waals surface area contributed by atoms with Crippen LogP contribution in [0, 0.1) is 5.41 Å². The smallest absolute Gasteiger partial charge is 0.262 e. The number of benzene rings is 1. The number of hydrogen-bond donors (Lipinski definition) is 1. The Balaban J connectivity index is 1.54. The van der Waals surface area contributed by atoms with Crippen LogP contribution in [0.25, 0.3) is 0 Å². The first kappa shape index (κ1) is 16.4. The first-order chi connectivity index (χ1) is 10.9. The molecule has 0 aliphatic carbocycles. The van der Waals surface area contributed by atoms with Gasteiger partial charge in [-0.3, -0.25) is 10.1 Å². The number of amides is 1. The van der Waals surface area contributed by atoms with Gasteiger partial charge in [-0.2, -0.15) is 0 Å². The highest BCUT2D eigenvalue weighted by atomic mass is 19.3. The van der Waals surface area contributed by atoms with Crippen LogP contribution in [0.3, 0.4) is 0 Å². The third-order valence-corrected chi connectivity index (χ3v) is 5.14. The van der Waals surface area contributed by atoms with Crippen LogP contribution in [0.4, 0.5) is 8.78 Å². The predicted octanol–water partition coefficient (Wildman–Crippen LogP) is 2.86. The maximum atomic E-state index is 13.3. The van der Waals surface area contributed by atoms with Crippen molar-refractivity contribution >= 4 is 5.91 Å². The van der Waals surface area contributed by atoms with Crippen LogP contribution in [-0.4, -0.2) is 42.4 Å². The van der Waals surface area contributed by atoms with E-state index in [0.717, 1.165) is 19.3 Å². The molecule has 2 unspecified atom stereocenters. The predicted molar refractivity (Wildman–Crippen MR) is 85.4 cm³/mol. The van der Waals surface area contributed by atoms with E-state index in [2.05, 4.69) is 24.4 Å². The molecular weight excluding hydrogens is 298 g/mol. The van der Waals surface area contributed by atoms with Gasteiger partial charge in [0, 0.05) is 19.5 Å². The standard InChI is InChI=1S/C18H24F2N2O/c1-17(8-7-14-5-3-2-4-6-14)9-10-22(13-17)16(23)15-11-18(19,20)12-21-15/h2-6,15,21H,7-13H2,1H3. The molecule has 1 aromatic rings. The van der Waals surface area contributed by atoms with Gasteiger partial charge >= 0.3 is 0 Å². The average Bonchev–Trinajstić information content (AvgIpc) is 3.09. The van der Waals surface area contributed by atoms with E-state index in [1.54, 1.807) is 4.90 Å². The van der Waals surface area contributed by atoms with E-state index >= 15 is 0 Å². The Morgan fingerprint density at radius 2 is 2.09 bits per heavy atom. The van der Waals surface area contributed by atoms with Crippen LogP contribution in [0.2, 0.25) is 0 Å². The van der Waals surface area contributed by atoms with Crippen LogP contribution in [0.1, 0.15) is 31.7 Å². The Morgan fingerprint density at radius 3 is 2.74 bits per heavy atom. The number of alkyl halides is 2. The number of aryl methyl sites for hydroxylation is 1. The second-order valence-corrected chi connectivity index (χ2v) is 7.30. The zero-order valence-corrected chi connectivity index (χ0v) is 13.5. The minimum Gasteiger partial charge on any atom is -0.341 e. The molecule has 2 heterocycles. The molecule has 126 valence electrons. The number of carbonyl (C=O) groups excluding carboxylic acids is 1. The molecule has 2 aliphatic heterocycles. The molecule has 0 bridgehead atoms. The van der Waals surface area contributed by atoms with E-state index in [1.165, 1.54) is 5.56 Å². The largest absolute Gasteiger partial charge is 0.341 e. The lowest BCUT2D eigenvalue weighted by Gasteiger charge is -2.26. The molecule has 2 fully saturated rings. The summed E-state index contributed by atoms with van der Waals surface area (Å²) in [4.78, 5) is 14.2. The highest BCUT2D eigenvalue weighted by molar-refractivity contribution is 5.82. The van der Waals surface area contributed by atoms with Gasteiger partial charge in [0.1, 0.15) is 0 Å². The Hall–Kier alpha value is -1.49. The van der Waals surface area contributed by atoms with Crippen LogP contribution >= 0.6 is 0 Å². The normalized spacial score (nSPS) is 29.9. The summed E-state index contributed by atoms with van der Waals surface area (Å²) in [6, 6.07) is 9.59. The van der Waals surface area contributed by atoms with Crippen molar-refractivity contribution in [2.75, 3.05) is 19.6 Å². The lowest BCUT2D eigenvalue weighted by molar-refractivity contribution is -0.133. The van der Waals surface area contributed by atoms with Crippen LogP contribution < -0.4 is 5.32 Å². The van der Waals surface area contributed by atoms with Crippen molar-refractivity contribution in [2.24, 2.45) is 5.41 Å². The Bertz CT molecular complexity index is 563. The summed E-state index contributed by atoms with van der Waals surface area (Å²) in [5.74, 6) is -2.91. The molecule has 1 amide bonds. The molecule has 3 rings (SSSR count). The lowest BCUT2D eigenvalue weighted by Crippen LogP contribution is -2.43. The summed E-state index contributed by atoms with van der Waals surface area (Å²) in [6.07, 6.45) is 2.56. The Labute approximate surface area is 136 Å². The minimum atomic E-state index is -2.75. The Morgan fingerprint density at radius 1 is 1.35 bits per heavy atom. The summed E-state index contributed by atoms with van der Waals surface area (Å²) in [5, 5.41) is 2.67. The molecule has 0 aromatic heterocycles. The quantitative estimate of drug-likeness (QED) is 0.924. The second kappa shape index (κ2) is 6.19. The highest BCUT2D eigenvalue weighted by Gasteiger charge is 2.45. The van der Waals surface area contributed by atoms with Gasteiger partial charge in [0.25, 0.3) is 5.92 Å². The summed E-state index contributed by atoms with van der Waals surface area (Å²) in [7, 11) is 0. The molecule has 0 saturated carbocycles. The number of likely N-dealkylation sites (tertiary alicyclic amines) is 1. The molecular formula is C18H24F2N2O. The van der Waals surface area contributed by atoms with Crippen molar-refractivity contribution in [1.82, 2.24) is 10.2 Å². The lowest BCUT2D eigenvalue weighted by atomic mass is 9.83. The van der Waals surface area contributed by atoms with Gasteiger partial charge in [-0.25, -0.2) is 8.78 Å². The summed E-state index contributed by atoms with van der Waals surface area (Å²) < 4.78 is 26.5. The number of nitrogens with zero attached hydrogens (tertiary/aromatic N) is 1. The monoisotopic (exact) mass is 322 g/mol. The van der Waals surface area contributed by atoms with Crippen molar-refractivity contribution in [3.05, 3.63) is 35.9 Å². The molecule has 3 nitrogen and oxygen atoms in total. The fourth-order valence-corrected chi connectivity index (χ4v) is 3.62. The maximum Gasteiger partial charge on any atom is 0.262 e. The SMILES string of the molecule is CC1(CCc2ccccc2)CCN(C(=O)C2CC(F)(F)CN2)C1. The second-order valence-electron chi connectivity index (χ2n) is 7.30. The third kappa shape index (κ3) is 3.89. The first-order valence-corrected chi connectivity index (χ1v) is 8.31. The summed E-state index contributed by atoms with van der Waals surface area (Å²) in [5.41, 5.74) is 1.38. The van der Waals surface area contributed by atoms with E-state index in [1.807, 2.05) is 18.2 Å². The minimum absolute atomic E-state index is 0.0760. The molecule has 1 N–H and O–H groups in total. The van der Waals surface area contributed by atoms with Gasteiger partial charge in [0.15, 0.2) is 0 Å². The molecule has 2 saturated heterocycles. The van der Waals surface area contributed by atoms with Crippen molar-refractivity contribution in [3.63, 3.8) is 0 Å². The first-order valence-electron chi connectivity index (χ1n) is 8.31. The van der Waals surface area contributed by atoms with Gasteiger partial charge in [0.05, 0.1) is 12.6 Å². The zero-order valence-electron chi connectivity index (χ0n) is 13.5. The zero-order chi connectivity index (χ0) is 16.5.